The standard InChI is InChI=1S/C22H24N2O/c1-24(21-14-13-19-11-5-6-12-20(19)16-21)17-22(25)23-15-7-10-18-8-3-2-4-9-18/h2-6,8-9,11-14,16H,7,10,15,17H2,1H3,(H,23,25). The molecule has 128 valence electrons. The van der Waals surface area contributed by atoms with E-state index in [2.05, 4.69) is 47.8 Å². The molecular weight excluding hydrogens is 308 g/mol. The minimum atomic E-state index is 0.0590. The fourth-order valence-electron chi connectivity index (χ4n) is 2.94. The molecule has 0 aliphatic carbocycles. The van der Waals surface area contributed by atoms with Crippen molar-refractivity contribution in [3.05, 3.63) is 78.4 Å². The largest absolute Gasteiger partial charge is 0.365 e. The van der Waals surface area contributed by atoms with Gasteiger partial charge in [-0.3, -0.25) is 4.79 Å². The number of carbonyl (C=O) groups excluding carboxylic acids is 1. The highest BCUT2D eigenvalue weighted by Crippen LogP contribution is 2.21. The van der Waals surface area contributed by atoms with Crippen LogP contribution in [0, 0.1) is 0 Å². The maximum absolute atomic E-state index is 12.1. The van der Waals surface area contributed by atoms with Crippen LogP contribution in [0.3, 0.4) is 0 Å². The zero-order chi connectivity index (χ0) is 17.5. The van der Waals surface area contributed by atoms with Gasteiger partial charge in [0.25, 0.3) is 0 Å². The summed E-state index contributed by atoms with van der Waals surface area (Å²) >= 11 is 0. The summed E-state index contributed by atoms with van der Waals surface area (Å²) in [6.45, 7) is 1.07. The average molecular weight is 332 g/mol. The maximum Gasteiger partial charge on any atom is 0.239 e. The highest BCUT2D eigenvalue weighted by molar-refractivity contribution is 5.87. The van der Waals surface area contributed by atoms with Crippen molar-refractivity contribution in [3.63, 3.8) is 0 Å². The van der Waals surface area contributed by atoms with E-state index < -0.39 is 0 Å². The number of nitrogens with zero attached hydrogens (tertiary/aromatic N) is 1. The van der Waals surface area contributed by atoms with Gasteiger partial charge < -0.3 is 10.2 Å². The average Bonchev–Trinajstić information content (AvgIpc) is 2.65. The second-order valence-electron chi connectivity index (χ2n) is 6.33. The number of hydrogen-bond acceptors (Lipinski definition) is 2. The molecule has 0 aromatic heterocycles. The normalized spacial score (nSPS) is 10.6. The number of nitrogens with one attached hydrogen (secondary N) is 1. The van der Waals surface area contributed by atoms with Gasteiger partial charge >= 0.3 is 0 Å². The number of aryl methyl sites for hydroxylation is 1. The third-order valence-electron chi connectivity index (χ3n) is 4.36. The molecule has 0 aliphatic heterocycles. The Morgan fingerprint density at radius 2 is 1.64 bits per heavy atom. The molecule has 3 aromatic carbocycles. The van der Waals surface area contributed by atoms with Crippen LogP contribution in [0.25, 0.3) is 10.8 Å². The van der Waals surface area contributed by atoms with Crippen molar-refractivity contribution in [1.82, 2.24) is 5.32 Å². The number of benzene rings is 3. The molecule has 0 fully saturated rings. The van der Waals surface area contributed by atoms with Crippen LogP contribution < -0.4 is 10.2 Å². The molecule has 0 saturated heterocycles. The molecule has 1 N–H and O–H groups in total. The Labute approximate surface area is 149 Å². The molecule has 0 saturated carbocycles. The van der Waals surface area contributed by atoms with E-state index in [4.69, 9.17) is 0 Å². The zero-order valence-electron chi connectivity index (χ0n) is 14.6. The van der Waals surface area contributed by atoms with Gasteiger partial charge in [-0.2, -0.15) is 0 Å². The van der Waals surface area contributed by atoms with Gasteiger partial charge in [-0.25, -0.2) is 0 Å². The second-order valence-corrected chi connectivity index (χ2v) is 6.33. The van der Waals surface area contributed by atoms with Gasteiger partial charge in [0.15, 0.2) is 0 Å². The first-order valence-corrected chi connectivity index (χ1v) is 8.73. The number of carbonyl (C=O) groups is 1. The van der Waals surface area contributed by atoms with E-state index in [1.54, 1.807) is 0 Å². The van der Waals surface area contributed by atoms with Crippen LogP contribution in [0.2, 0.25) is 0 Å². The molecule has 0 unspecified atom stereocenters. The Hall–Kier alpha value is -2.81. The van der Waals surface area contributed by atoms with E-state index in [9.17, 15) is 4.79 Å². The number of likely N-dealkylation sites (N-methyl/N-ethyl adjacent to an activating group) is 1. The summed E-state index contributed by atoms with van der Waals surface area (Å²) in [6, 6.07) is 24.9. The fraction of sp³-hybridized carbons (Fsp3) is 0.227. The molecule has 0 aliphatic rings. The summed E-state index contributed by atoms with van der Waals surface area (Å²) in [7, 11) is 1.95. The fourth-order valence-corrected chi connectivity index (χ4v) is 2.94. The topological polar surface area (TPSA) is 32.3 Å². The number of hydrogen-bond donors (Lipinski definition) is 1. The highest BCUT2D eigenvalue weighted by atomic mass is 16.2. The highest BCUT2D eigenvalue weighted by Gasteiger charge is 2.07. The molecule has 3 aromatic rings. The summed E-state index contributed by atoms with van der Waals surface area (Å²) in [5.74, 6) is 0.0590. The molecule has 3 rings (SSSR count). The molecule has 0 atom stereocenters. The minimum Gasteiger partial charge on any atom is -0.365 e. The summed E-state index contributed by atoms with van der Waals surface area (Å²) in [4.78, 5) is 14.1. The SMILES string of the molecule is CN(CC(=O)NCCCc1ccccc1)c1ccc2ccccc2c1. The summed E-state index contributed by atoms with van der Waals surface area (Å²) in [5, 5.41) is 5.41. The lowest BCUT2D eigenvalue weighted by atomic mass is 10.1. The van der Waals surface area contributed by atoms with Gasteiger partial charge in [-0.05, 0) is 41.3 Å². The van der Waals surface area contributed by atoms with E-state index in [1.165, 1.54) is 16.3 Å². The zero-order valence-corrected chi connectivity index (χ0v) is 14.6. The van der Waals surface area contributed by atoms with Gasteiger partial charge in [0, 0.05) is 19.3 Å². The first kappa shape index (κ1) is 17.0. The van der Waals surface area contributed by atoms with Crippen LogP contribution in [0.15, 0.2) is 72.8 Å². The molecule has 0 spiro atoms. The van der Waals surface area contributed by atoms with Gasteiger partial charge in [0.05, 0.1) is 6.54 Å². The number of anilines is 1. The summed E-state index contributed by atoms with van der Waals surface area (Å²) in [6.07, 6.45) is 1.94. The summed E-state index contributed by atoms with van der Waals surface area (Å²) in [5.41, 5.74) is 2.36. The quantitative estimate of drug-likeness (QED) is 0.663. The Bertz CT molecular complexity index is 830. The van der Waals surface area contributed by atoms with Crippen LogP contribution in [-0.4, -0.2) is 26.0 Å². The molecule has 0 heterocycles. The summed E-state index contributed by atoms with van der Waals surface area (Å²) < 4.78 is 0. The molecule has 3 heteroatoms. The van der Waals surface area contributed by atoms with E-state index in [-0.39, 0.29) is 5.91 Å². The van der Waals surface area contributed by atoms with Crippen molar-refractivity contribution in [1.29, 1.82) is 0 Å². The van der Waals surface area contributed by atoms with Crippen molar-refractivity contribution in [2.45, 2.75) is 12.8 Å². The molecule has 1 amide bonds. The third-order valence-corrected chi connectivity index (χ3v) is 4.36. The minimum absolute atomic E-state index is 0.0590. The van der Waals surface area contributed by atoms with Crippen LogP contribution in [0.1, 0.15) is 12.0 Å². The van der Waals surface area contributed by atoms with E-state index in [0.717, 1.165) is 18.5 Å². The van der Waals surface area contributed by atoms with Gasteiger partial charge in [-0.15, -0.1) is 0 Å². The lowest BCUT2D eigenvalue weighted by Crippen LogP contribution is -2.35. The van der Waals surface area contributed by atoms with Crippen molar-refractivity contribution in [3.8, 4) is 0 Å². The monoisotopic (exact) mass is 332 g/mol. The Kier molecular flexibility index (Phi) is 5.68. The molecular formula is C22H24N2O. The Morgan fingerprint density at radius 1 is 0.920 bits per heavy atom. The molecule has 25 heavy (non-hydrogen) atoms. The van der Waals surface area contributed by atoms with Gasteiger partial charge in [-0.1, -0.05) is 60.7 Å². The Balaban J connectivity index is 1.46. The predicted octanol–water partition coefficient (Wildman–Crippen LogP) is 4.03. The lowest BCUT2D eigenvalue weighted by molar-refractivity contribution is -0.119. The molecule has 0 bridgehead atoms. The van der Waals surface area contributed by atoms with Crippen molar-refractivity contribution >= 4 is 22.4 Å². The smallest absolute Gasteiger partial charge is 0.239 e. The first-order chi connectivity index (χ1) is 12.2. The van der Waals surface area contributed by atoms with E-state index in [0.29, 0.717) is 13.1 Å². The third kappa shape index (κ3) is 4.83. The van der Waals surface area contributed by atoms with Crippen LogP contribution in [0.5, 0.6) is 0 Å². The molecule has 3 nitrogen and oxygen atoms in total. The first-order valence-electron chi connectivity index (χ1n) is 8.73. The Morgan fingerprint density at radius 3 is 2.44 bits per heavy atom. The number of amides is 1. The molecule has 0 radical (unpaired) electrons. The van der Waals surface area contributed by atoms with Crippen molar-refractivity contribution in [2.75, 3.05) is 25.0 Å². The van der Waals surface area contributed by atoms with E-state index in [1.807, 2.05) is 42.3 Å². The number of rotatable bonds is 7. The van der Waals surface area contributed by atoms with E-state index >= 15 is 0 Å². The predicted molar refractivity (Wildman–Crippen MR) is 105 cm³/mol. The van der Waals surface area contributed by atoms with Crippen LogP contribution in [-0.2, 0) is 11.2 Å². The van der Waals surface area contributed by atoms with Crippen molar-refractivity contribution < 1.29 is 4.79 Å². The van der Waals surface area contributed by atoms with Crippen LogP contribution in [0.4, 0.5) is 5.69 Å². The van der Waals surface area contributed by atoms with Gasteiger partial charge in [0.1, 0.15) is 0 Å². The maximum atomic E-state index is 12.1. The van der Waals surface area contributed by atoms with Gasteiger partial charge in [0.2, 0.25) is 5.91 Å². The number of fused-ring (bicyclic) bond motifs is 1. The lowest BCUT2D eigenvalue weighted by Gasteiger charge is -2.19. The second kappa shape index (κ2) is 8.34. The van der Waals surface area contributed by atoms with Crippen molar-refractivity contribution in [2.24, 2.45) is 0 Å². The van der Waals surface area contributed by atoms with Crippen LogP contribution >= 0.6 is 0 Å².